The number of rotatable bonds is 7. The van der Waals surface area contributed by atoms with Crippen LogP contribution < -0.4 is 4.74 Å². The lowest BCUT2D eigenvalue weighted by molar-refractivity contribution is 0.0889. The van der Waals surface area contributed by atoms with Crippen molar-refractivity contribution in [1.82, 2.24) is 4.90 Å². The second kappa shape index (κ2) is 8.49. The Hall–Kier alpha value is -1.84. The molecular formula is C25H30ClNO2. The third-order valence-corrected chi connectivity index (χ3v) is 7.30. The highest BCUT2D eigenvalue weighted by Gasteiger charge is 2.46. The first-order valence-electron chi connectivity index (χ1n) is 10.7. The molecular weight excluding hydrogens is 382 g/mol. The molecule has 2 aromatic carbocycles. The fourth-order valence-corrected chi connectivity index (χ4v) is 5.44. The van der Waals surface area contributed by atoms with Crippen molar-refractivity contribution in [3.8, 4) is 5.75 Å². The van der Waals surface area contributed by atoms with Crippen molar-refractivity contribution in [1.29, 1.82) is 0 Å². The molecule has 1 aliphatic heterocycles. The van der Waals surface area contributed by atoms with Gasteiger partial charge < -0.3 is 9.64 Å². The van der Waals surface area contributed by atoms with E-state index in [9.17, 15) is 4.79 Å². The number of ketones is 1. The summed E-state index contributed by atoms with van der Waals surface area (Å²) in [6.45, 7) is 4.15. The number of halogens is 1. The Morgan fingerprint density at radius 2 is 2.07 bits per heavy atom. The van der Waals surface area contributed by atoms with E-state index in [0.717, 1.165) is 30.8 Å². The summed E-state index contributed by atoms with van der Waals surface area (Å²) in [6, 6.07) is 16.6. The minimum Gasteiger partial charge on any atom is -0.497 e. The second-order valence-electron chi connectivity index (χ2n) is 8.76. The Labute approximate surface area is 179 Å². The molecule has 4 rings (SSSR count). The molecule has 2 bridgehead atoms. The third kappa shape index (κ3) is 4.22. The van der Waals surface area contributed by atoms with Crippen LogP contribution in [0.25, 0.3) is 0 Å². The van der Waals surface area contributed by atoms with Crippen molar-refractivity contribution in [3.05, 3.63) is 64.7 Å². The average molecular weight is 412 g/mol. The molecule has 4 heteroatoms. The Morgan fingerprint density at radius 1 is 1.24 bits per heavy atom. The highest BCUT2D eigenvalue weighted by Crippen LogP contribution is 2.49. The maximum absolute atomic E-state index is 12.7. The van der Waals surface area contributed by atoms with Crippen LogP contribution in [0.3, 0.4) is 0 Å². The van der Waals surface area contributed by atoms with E-state index >= 15 is 0 Å². The van der Waals surface area contributed by atoms with Gasteiger partial charge in [0.25, 0.3) is 0 Å². The molecule has 0 amide bonds. The Bertz CT molecular complexity index is 883. The number of hydrogen-bond acceptors (Lipinski definition) is 3. The SMILES string of the molecule is COc1cccc(C23CCC(C2)N(CCC(C)C(=O)c2cccc(Cl)c2)CC3)c1. The van der Waals surface area contributed by atoms with Gasteiger partial charge >= 0.3 is 0 Å². The first-order valence-corrected chi connectivity index (χ1v) is 11.1. The zero-order chi connectivity index (χ0) is 20.4. The van der Waals surface area contributed by atoms with E-state index in [1.807, 2.05) is 31.2 Å². The largest absolute Gasteiger partial charge is 0.497 e. The summed E-state index contributed by atoms with van der Waals surface area (Å²) >= 11 is 6.05. The van der Waals surface area contributed by atoms with Crippen molar-refractivity contribution >= 4 is 17.4 Å². The lowest BCUT2D eigenvalue weighted by atomic mass is 9.74. The van der Waals surface area contributed by atoms with Gasteiger partial charge in [-0.2, -0.15) is 0 Å². The Balaban J connectivity index is 1.36. The van der Waals surface area contributed by atoms with Gasteiger partial charge in [-0.15, -0.1) is 0 Å². The molecule has 3 unspecified atom stereocenters. The predicted molar refractivity (Wildman–Crippen MR) is 118 cm³/mol. The van der Waals surface area contributed by atoms with Crippen LogP contribution in [0.5, 0.6) is 5.75 Å². The number of Topliss-reactive ketones (excluding diaryl/α,β-unsaturated/α-hetero) is 1. The highest BCUT2D eigenvalue weighted by atomic mass is 35.5. The van der Waals surface area contributed by atoms with Gasteiger partial charge in [-0.05, 0) is 80.4 Å². The monoisotopic (exact) mass is 411 g/mol. The second-order valence-corrected chi connectivity index (χ2v) is 9.20. The number of piperidine rings is 1. The number of carbonyl (C=O) groups excluding carboxylic acids is 1. The molecule has 154 valence electrons. The molecule has 3 atom stereocenters. The quantitative estimate of drug-likeness (QED) is 0.543. The molecule has 1 aliphatic carbocycles. The number of carbonyl (C=O) groups is 1. The van der Waals surface area contributed by atoms with Crippen LogP contribution in [0.2, 0.25) is 5.02 Å². The van der Waals surface area contributed by atoms with Gasteiger partial charge in [0.15, 0.2) is 5.78 Å². The van der Waals surface area contributed by atoms with Gasteiger partial charge in [-0.1, -0.05) is 42.8 Å². The zero-order valence-corrected chi connectivity index (χ0v) is 18.1. The van der Waals surface area contributed by atoms with Crippen molar-refractivity contribution in [2.45, 2.75) is 50.5 Å². The minimum absolute atomic E-state index is 0.0138. The lowest BCUT2D eigenvalue weighted by Crippen LogP contribution is -2.44. The van der Waals surface area contributed by atoms with E-state index in [1.54, 1.807) is 13.2 Å². The van der Waals surface area contributed by atoms with E-state index in [1.165, 1.54) is 31.2 Å². The van der Waals surface area contributed by atoms with Crippen LogP contribution in [0.15, 0.2) is 48.5 Å². The summed E-state index contributed by atoms with van der Waals surface area (Å²) < 4.78 is 5.45. The number of methoxy groups -OCH3 is 1. The number of benzene rings is 2. The molecule has 1 saturated heterocycles. The fraction of sp³-hybridized carbons (Fsp3) is 0.480. The molecule has 3 nitrogen and oxygen atoms in total. The van der Waals surface area contributed by atoms with Crippen LogP contribution in [0, 0.1) is 5.92 Å². The van der Waals surface area contributed by atoms with Crippen LogP contribution in [0.1, 0.15) is 54.9 Å². The molecule has 0 aromatic heterocycles. The Kier molecular flexibility index (Phi) is 5.98. The first-order chi connectivity index (χ1) is 14.0. The third-order valence-electron chi connectivity index (χ3n) is 7.06. The molecule has 29 heavy (non-hydrogen) atoms. The van der Waals surface area contributed by atoms with E-state index in [2.05, 4.69) is 23.1 Å². The summed E-state index contributed by atoms with van der Waals surface area (Å²) in [5.41, 5.74) is 2.46. The molecule has 2 fully saturated rings. The average Bonchev–Trinajstić information content (AvgIpc) is 3.11. The smallest absolute Gasteiger partial charge is 0.165 e. The minimum atomic E-state index is 0.0138. The van der Waals surface area contributed by atoms with Gasteiger partial charge in [0.2, 0.25) is 0 Å². The summed E-state index contributed by atoms with van der Waals surface area (Å²) in [6.07, 6.45) is 5.80. The molecule has 0 spiro atoms. The first kappa shape index (κ1) is 20.4. The van der Waals surface area contributed by atoms with E-state index in [4.69, 9.17) is 16.3 Å². The maximum Gasteiger partial charge on any atom is 0.165 e. The normalized spacial score (nSPS) is 25.0. The predicted octanol–water partition coefficient (Wildman–Crippen LogP) is 5.75. The molecule has 2 aliphatic rings. The van der Waals surface area contributed by atoms with Gasteiger partial charge in [0.1, 0.15) is 5.75 Å². The van der Waals surface area contributed by atoms with Crippen molar-refractivity contribution in [2.75, 3.05) is 20.2 Å². The molecule has 0 N–H and O–H groups in total. The van der Waals surface area contributed by atoms with Crippen molar-refractivity contribution in [2.24, 2.45) is 5.92 Å². The number of hydrogen-bond donors (Lipinski definition) is 0. The van der Waals surface area contributed by atoms with Crippen LogP contribution in [-0.4, -0.2) is 36.9 Å². The number of nitrogens with zero attached hydrogens (tertiary/aromatic N) is 1. The van der Waals surface area contributed by atoms with E-state index < -0.39 is 0 Å². The van der Waals surface area contributed by atoms with Crippen molar-refractivity contribution in [3.63, 3.8) is 0 Å². The number of likely N-dealkylation sites (tertiary alicyclic amines) is 1. The van der Waals surface area contributed by atoms with Crippen LogP contribution in [-0.2, 0) is 5.41 Å². The zero-order valence-electron chi connectivity index (χ0n) is 17.4. The maximum atomic E-state index is 12.7. The molecule has 0 radical (unpaired) electrons. The topological polar surface area (TPSA) is 29.5 Å². The summed E-state index contributed by atoms with van der Waals surface area (Å²) in [5, 5.41) is 0.624. The fourth-order valence-electron chi connectivity index (χ4n) is 5.25. The van der Waals surface area contributed by atoms with Crippen LogP contribution in [0.4, 0.5) is 0 Å². The van der Waals surface area contributed by atoms with E-state index in [0.29, 0.717) is 16.5 Å². The van der Waals surface area contributed by atoms with Crippen LogP contribution >= 0.6 is 11.6 Å². The summed E-state index contributed by atoms with van der Waals surface area (Å²) in [5.74, 6) is 1.16. The Morgan fingerprint density at radius 3 is 2.86 bits per heavy atom. The number of ether oxygens (including phenoxy) is 1. The summed E-state index contributed by atoms with van der Waals surface area (Å²) in [7, 11) is 1.74. The van der Waals surface area contributed by atoms with Gasteiger partial charge in [0, 0.05) is 22.5 Å². The van der Waals surface area contributed by atoms with Crippen molar-refractivity contribution < 1.29 is 9.53 Å². The molecule has 1 heterocycles. The van der Waals surface area contributed by atoms with E-state index in [-0.39, 0.29) is 11.7 Å². The molecule has 1 saturated carbocycles. The highest BCUT2D eigenvalue weighted by molar-refractivity contribution is 6.31. The van der Waals surface area contributed by atoms with Gasteiger partial charge in [-0.3, -0.25) is 4.79 Å². The molecule has 2 aromatic rings. The lowest BCUT2D eigenvalue weighted by Gasteiger charge is -2.40. The van der Waals surface area contributed by atoms with Gasteiger partial charge in [0.05, 0.1) is 7.11 Å². The number of fused-ring (bicyclic) bond motifs is 2. The van der Waals surface area contributed by atoms with Gasteiger partial charge in [-0.25, -0.2) is 0 Å². The standard InChI is InChI=1S/C25H30ClNO2/c1-18(24(28)19-5-3-7-21(26)15-19)10-13-27-14-12-25(11-9-22(27)17-25)20-6-4-8-23(16-20)29-2/h3-8,15-16,18,22H,9-14,17H2,1-2H3. The summed E-state index contributed by atoms with van der Waals surface area (Å²) in [4.78, 5) is 15.4.